The van der Waals surface area contributed by atoms with E-state index in [4.69, 9.17) is 9.47 Å². The Morgan fingerprint density at radius 2 is 2.38 bits per heavy atom. The number of carbonyl (C=O) groups excluding carboxylic acids is 1. The van der Waals surface area contributed by atoms with Crippen LogP contribution in [0.5, 0.6) is 0 Å². The van der Waals surface area contributed by atoms with E-state index in [0.29, 0.717) is 5.76 Å². The predicted octanol–water partition coefficient (Wildman–Crippen LogP) is 1.18. The second kappa shape index (κ2) is 3.09. The predicted molar refractivity (Wildman–Crippen MR) is 46.7 cm³/mol. The first-order chi connectivity index (χ1) is 6.33. The number of aldehydes is 1. The van der Waals surface area contributed by atoms with Crippen molar-refractivity contribution in [3.63, 3.8) is 0 Å². The molecule has 1 heterocycles. The summed E-state index contributed by atoms with van der Waals surface area (Å²) in [5, 5.41) is 0. The van der Waals surface area contributed by atoms with Crippen molar-refractivity contribution in [2.24, 2.45) is 5.92 Å². The van der Waals surface area contributed by atoms with Crippen LogP contribution in [0.4, 0.5) is 0 Å². The van der Waals surface area contributed by atoms with Crippen LogP contribution >= 0.6 is 0 Å². The fourth-order valence-electron chi connectivity index (χ4n) is 1.51. The van der Waals surface area contributed by atoms with Gasteiger partial charge in [-0.15, -0.1) is 0 Å². The number of fused-ring (bicyclic) bond motifs is 1. The summed E-state index contributed by atoms with van der Waals surface area (Å²) in [5.41, 5.74) is 0. The number of methoxy groups -OCH3 is 1. The van der Waals surface area contributed by atoms with Crippen molar-refractivity contribution >= 4 is 6.29 Å². The number of hydrogen-bond acceptors (Lipinski definition) is 3. The van der Waals surface area contributed by atoms with Gasteiger partial charge in [0.25, 0.3) is 0 Å². The molecule has 0 spiro atoms. The molecular weight excluding hydrogens is 168 g/mol. The molecule has 13 heavy (non-hydrogen) atoms. The topological polar surface area (TPSA) is 35.5 Å². The van der Waals surface area contributed by atoms with Gasteiger partial charge in [-0.25, -0.2) is 0 Å². The number of allylic oxidation sites excluding steroid dienone is 2. The summed E-state index contributed by atoms with van der Waals surface area (Å²) in [6.07, 6.45) is 8.20. The van der Waals surface area contributed by atoms with Crippen LogP contribution in [-0.4, -0.2) is 19.5 Å². The van der Waals surface area contributed by atoms with E-state index in [1.807, 2.05) is 18.2 Å². The molecule has 0 saturated heterocycles. The molecule has 0 bridgehead atoms. The molecule has 0 fully saturated rings. The largest absolute Gasteiger partial charge is 0.497 e. The minimum absolute atomic E-state index is 0.0286. The lowest BCUT2D eigenvalue weighted by atomic mass is 9.98. The molecule has 2 atom stereocenters. The molecule has 0 radical (unpaired) electrons. The highest BCUT2D eigenvalue weighted by Crippen LogP contribution is 2.29. The summed E-state index contributed by atoms with van der Waals surface area (Å²) in [6.45, 7) is 0. The van der Waals surface area contributed by atoms with Crippen molar-refractivity contribution in [1.82, 2.24) is 0 Å². The zero-order chi connectivity index (χ0) is 9.26. The van der Waals surface area contributed by atoms with Gasteiger partial charge in [-0.3, -0.25) is 4.79 Å². The van der Waals surface area contributed by atoms with E-state index in [0.717, 1.165) is 12.0 Å². The molecule has 68 valence electrons. The van der Waals surface area contributed by atoms with Gasteiger partial charge in [0.15, 0.2) is 12.0 Å². The summed E-state index contributed by atoms with van der Waals surface area (Å²) in [4.78, 5) is 10.4. The lowest BCUT2D eigenvalue weighted by Gasteiger charge is -2.16. The van der Waals surface area contributed by atoms with Crippen LogP contribution in [0.3, 0.4) is 0 Å². The van der Waals surface area contributed by atoms with Gasteiger partial charge < -0.3 is 9.47 Å². The van der Waals surface area contributed by atoms with Crippen LogP contribution in [0.15, 0.2) is 35.8 Å². The Hall–Kier alpha value is -1.51. The maximum absolute atomic E-state index is 10.4. The van der Waals surface area contributed by atoms with E-state index in [-0.39, 0.29) is 12.0 Å². The maximum Gasteiger partial charge on any atom is 0.184 e. The van der Waals surface area contributed by atoms with E-state index in [9.17, 15) is 4.79 Å². The Morgan fingerprint density at radius 3 is 3.08 bits per heavy atom. The summed E-state index contributed by atoms with van der Waals surface area (Å²) in [5.74, 6) is 1.36. The summed E-state index contributed by atoms with van der Waals surface area (Å²) >= 11 is 0. The van der Waals surface area contributed by atoms with Crippen molar-refractivity contribution in [3.05, 3.63) is 35.8 Å². The van der Waals surface area contributed by atoms with Crippen LogP contribution in [-0.2, 0) is 14.3 Å². The molecule has 0 aromatic heterocycles. The fraction of sp³-hybridized carbons (Fsp3) is 0.300. The van der Waals surface area contributed by atoms with Gasteiger partial charge in [0, 0.05) is 5.92 Å². The normalized spacial score (nSPS) is 29.9. The van der Waals surface area contributed by atoms with Gasteiger partial charge in [-0.05, 0) is 24.3 Å². The second-order valence-electron chi connectivity index (χ2n) is 2.98. The van der Waals surface area contributed by atoms with E-state index in [1.165, 1.54) is 0 Å². The smallest absolute Gasteiger partial charge is 0.184 e. The number of ether oxygens (including phenoxy) is 2. The third-order valence-electron chi connectivity index (χ3n) is 2.17. The monoisotopic (exact) mass is 178 g/mol. The average molecular weight is 178 g/mol. The number of hydrogen-bond donors (Lipinski definition) is 0. The molecule has 0 saturated carbocycles. The maximum atomic E-state index is 10.4. The Morgan fingerprint density at radius 1 is 1.54 bits per heavy atom. The second-order valence-corrected chi connectivity index (χ2v) is 2.98. The van der Waals surface area contributed by atoms with Crippen LogP contribution < -0.4 is 0 Å². The van der Waals surface area contributed by atoms with Crippen molar-refractivity contribution in [1.29, 1.82) is 0 Å². The van der Waals surface area contributed by atoms with E-state index >= 15 is 0 Å². The molecule has 2 unspecified atom stereocenters. The van der Waals surface area contributed by atoms with Gasteiger partial charge in [0.2, 0.25) is 0 Å². The molecule has 0 aromatic carbocycles. The third kappa shape index (κ3) is 1.37. The van der Waals surface area contributed by atoms with Crippen LogP contribution in [0, 0.1) is 5.92 Å². The number of rotatable bonds is 2. The van der Waals surface area contributed by atoms with Gasteiger partial charge in [-0.1, -0.05) is 0 Å². The molecular formula is C10H10O3. The molecule has 0 aromatic rings. The van der Waals surface area contributed by atoms with Gasteiger partial charge >= 0.3 is 0 Å². The molecule has 2 rings (SSSR count). The van der Waals surface area contributed by atoms with Crippen LogP contribution in [0.1, 0.15) is 0 Å². The Kier molecular flexibility index (Phi) is 1.93. The van der Waals surface area contributed by atoms with Crippen molar-refractivity contribution < 1.29 is 14.3 Å². The standard InChI is InChI=1S/C10H10O3/c1-12-8-2-3-10-7(4-8)5-9(6-11)13-10/h2-7,10H,1H3. The zero-order valence-corrected chi connectivity index (χ0v) is 7.27. The summed E-state index contributed by atoms with van der Waals surface area (Å²) < 4.78 is 10.4. The minimum Gasteiger partial charge on any atom is -0.497 e. The SMILES string of the molecule is COC1=CC2C=C(C=O)OC2C=C1. The highest BCUT2D eigenvalue weighted by molar-refractivity contribution is 5.71. The Balaban J connectivity index is 2.20. The lowest BCUT2D eigenvalue weighted by molar-refractivity contribution is -0.107. The van der Waals surface area contributed by atoms with Gasteiger partial charge in [0.05, 0.1) is 7.11 Å². The van der Waals surface area contributed by atoms with E-state index < -0.39 is 0 Å². The fourth-order valence-corrected chi connectivity index (χ4v) is 1.51. The summed E-state index contributed by atoms with van der Waals surface area (Å²) in [7, 11) is 1.62. The molecule has 1 aliphatic heterocycles. The van der Waals surface area contributed by atoms with E-state index in [1.54, 1.807) is 13.2 Å². The molecule has 3 nitrogen and oxygen atoms in total. The molecule has 0 amide bonds. The number of carbonyl (C=O) groups is 1. The first kappa shape index (κ1) is 8.10. The highest BCUT2D eigenvalue weighted by Gasteiger charge is 2.27. The summed E-state index contributed by atoms with van der Waals surface area (Å²) in [6, 6.07) is 0. The zero-order valence-electron chi connectivity index (χ0n) is 7.27. The Bertz CT molecular complexity index is 312. The molecule has 3 heteroatoms. The third-order valence-corrected chi connectivity index (χ3v) is 2.17. The molecule has 2 aliphatic rings. The van der Waals surface area contributed by atoms with Crippen LogP contribution in [0.25, 0.3) is 0 Å². The van der Waals surface area contributed by atoms with Crippen molar-refractivity contribution in [2.75, 3.05) is 7.11 Å². The van der Waals surface area contributed by atoms with Crippen molar-refractivity contribution in [2.45, 2.75) is 6.10 Å². The highest BCUT2D eigenvalue weighted by atomic mass is 16.5. The molecule has 0 N–H and O–H groups in total. The first-order valence-corrected chi connectivity index (χ1v) is 4.11. The average Bonchev–Trinajstić information content (AvgIpc) is 2.58. The minimum atomic E-state index is -0.0286. The Labute approximate surface area is 76.3 Å². The van der Waals surface area contributed by atoms with Crippen molar-refractivity contribution in [3.8, 4) is 0 Å². The van der Waals surface area contributed by atoms with Crippen LogP contribution in [0.2, 0.25) is 0 Å². The first-order valence-electron chi connectivity index (χ1n) is 4.11. The van der Waals surface area contributed by atoms with E-state index in [2.05, 4.69) is 0 Å². The lowest BCUT2D eigenvalue weighted by Crippen LogP contribution is -2.15. The van der Waals surface area contributed by atoms with Gasteiger partial charge in [-0.2, -0.15) is 0 Å². The quantitative estimate of drug-likeness (QED) is 0.596. The van der Waals surface area contributed by atoms with Gasteiger partial charge in [0.1, 0.15) is 11.9 Å². The molecule has 1 aliphatic carbocycles.